The molecule has 1 saturated heterocycles. The quantitative estimate of drug-likeness (QED) is 0.540. The molecule has 0 saturated carbocycles. The second-order valence-corrected chi connectivity index (χ2v) is 5.12. The minimum Gasteiger partial charge on any atom is -0.388 e. The maximum atomic E-state index is 7.34. The van der Waals surface area contributed by atoms with Gasteiger partial charge in [-0.1, -0.05) is 6.92 Å². The molecule has 14 heavy (non-hydrogen) atoms. The van der Waals surface area contributed by atoms with Crippen LogP contribution in [0.15, 0.2) is 0 Å². The van der Waals surface area contributed by atoms with Crippen LogP contribution in [0.1, 0.15) is 26.2 Å². The third-order valence-electron chi connectivity index (χ3n) is 2.98. The first-order valence-corrected chi connectivity index (χ1v) is 6.43. The van der Waals surface area contributed by atoms with Gasteiger partial charge >= 0.3 is 0 Å². The molecular formula is C10H21N3S. The van der Waals surface area contributed by atoms with Gasteiger partial charge in [0.15, 0.2) is 0 Å². The summed E-state index contributed by atoms with van der Waals surface area (Å²) in [6.07, 6.45) is 3.08. The van der Waals surface area contributed by atoms with E-state index in [0.717, 1.165) is 6.42 Å². The molecule has 1 fully saturated rings. The van der Waals surface area contributed by atoms with E-state index >= 15 is 0 Å². The van der Waals surface area contributed by atoms with E-state index in [1.807, 2.05) is 11.8 Å². The Morgan fingerprint density at radius 2 is 2.43 bits per heavy atom. The Morgan fingerprint density at radius 1 is 1.71 bits per heavy atom. The summed E-state index contributed by atoms with van der Waals surface area (Å²) in [5, 5.41) is 7.34. The smallest absolute Gasteiger partial charge is 0.0921 e. The molecule has 0 aliphatic carbocycles. The van der Waals surface area contributed by atoms with E-state index in [4.69, 9.17) is 11.1 Å². The monoisotopic (exact) mass is 215 g/mol. The number of nitrogens with two attached hydrogens (primary N) is 1. The highest BCUT2D eigenvalue weighted by molar-refractivity contribution is 7.99. The predicted molar refractivity (Wildman–Crippen MR) is 64.1 cm³/mol. The van der Waals surface area contributed by atoms with Gasteiger partial charge in [0.2, 0.25) is 0 Å². The van der Waals surface area contributed by atoms with Crippen LogP contribution in [0.3, 0.4) is 0 Å². The fraction of sp³-hybridized carbons (Fsp3) is 0.900. The van der Waals surface area contributed by atoms with Gasteiger partial charge in [0.25, 0.3) is 0 Å². The van der Waals surface area contributed by atoms with E-state index in [1.54, 1.807) is 0 Å². The summed E-state index contributed by atoms with van der Waals surface area (Å²) in [4.78, 5) is 2.42. The Balaban J connectivity index is 2.45. The predicted octanol–water partition coefficient (Wildman–Crippen LogP) is 1.53. The topological polar surface area (TPSA) is 53.1 Å². The van der Waals surface area contributed by atoms with E-state index in [2.05, 4.69) is 18.9 Å². The van der Waals surface area contributed by atoms with Crippen molar-refractivity contribution in [3.8, 4) is 0 Å². The second-order valence-electron chi connectivity index (χ2n) is 3.97. The van der Waals surface area contributed by atoms with Crippen molar-refractivity contribution in [1.29, 1.82) is 5.41 Å². The van der Waals surface area contributed by atoms with Crippen LogP contribution in [-0.4, -0.2) is 41.4 Å². The van der Waals surface area contributed by atoms with Crippen LogP contribution in [0.5, 0.6) is 0 Å². The molecule has 4 heteroatoms. The maximum absolute atomic E-state index is 7.34. The summed E-state index contributed by atoms with van der Waals surface area (Å²) in [6, 6.07) is 1.15. The third-order valence-corrected chi connectivity index (χ3v) is 4.13. The molecule has 82 valence electrons. The summed E-state index contributed by atoms with van der Waals surface area (Å²) in [6.45, 7) is 2.17. The first-order chi connectivity index (χ1) is 6.65. The zero-order valence-corrected chi connectivity index (χ0v) is 9.94. The lowest BCUT2D eigenvalue weighted by molar-refractivity contribution is 0.186. The minimum atomic E-state index is 0.314. The van der Waals surface area contributed by atoms with Crippen LogP contribution in [-0.2, 0) is 0 Å². The molecule has 2 atom stereocenters. The molecule has 0 amide bonds. The first kappa shape index (κ1) is 11.9. The van der Waals surface area contributed by atoms with E-state index in [1.165, 1.54) is 17.9 Å². The lowest BCUT2D eigenvalue weighted by atomic mass is 10.1. The van der Waals surface area contributed by atoms with Gasteiger partial charge in [-0.05, 0) is 25.6 Å². The zero-order valence-electron chi connectivity index (χ0n) is 9.12. The van der Waals surface area contributed by atoms with Gasteiger partial charge in [-0.3, -0.25) is 10.3 Å². The summed E-state index contributed by atoms with van der Waals surface area (Å²) in [5.41, 5.74) is 5.46. The van der Waals surface area contributed by atoms with Gasteiger partial charge in [-0.2, -0.15) is 11.8 Å². The van der Waals surface area contributed by atoms with Crippen molar-refractivity contribution in [3.63, 3.8) is 0 Å². The zero-order chi connectivity index (χ0) is 10.6. The lowest BCUT2D eigenvalue weighted by Crippen LogP contribution is -2.41. The molecule has 0 bridgehead atoms. The van der Waals surface area contributed by atoms with Crippen LogP contribution in [0, 0.1) is 5.41 Å². The minimum absolute atomic E-state index is 0.314. The molecule has 2 unspecified atom stereocenters. The molecule has 3 N–H and O–H groups in total. The van der Waals surface area contributed by atoms with Crippen LogP contribution < -0.4 is 5.73 Å². The molecule has 0 aromatic carbocycles. The lowest BCUT2D eigenvalue weighted by Gasteiger charge is -2.31. The summed E-state index contributed by atoms with van der Waals surface area (Å²) >= 11 is 2.03. The molecular weight excluding hydrogens is 194 g/mol. The molecule has 0 aromatic rings. The SMILES string of the molecule is CCC(CC(=N)N)N(C)C1CCSC1. The number of nitrogens with zero attached hydrogens (tertiary/aromatic N) is 1. The standard InChI is InChI=1S/C10H21N3S/c1-3-8(6-10(11)12)13(2)9-4-5-14-7-9/h8-9H,3-7H2,1-2H3,(H3,11,12). The van der Waals surface area contributed by atoms with Crippen molar-refractivity contribution in [2.75, 3.05) is 18.6 Å². The molecule has 1 rings (SSSR count). The first-order valence-electron chi connectivity index (χ1n) is 5.27. The van der Waals surface area contributed by atoms with Gasteiger partial charge in [0, 0.05) is 24.3 Å². The van der Waals surface area contributed by atoms with Crippen molar-refractivity contribution >= 4 is 17.6 Å². The average Bonchev–Trinajstić information content (AvgIpc) is 2.65. The summed E-state index contributed by atoms with van der Waals surface area (Å²) in [5.74, 6) is 2.84. The highest BCUT2D eigenvalue weighted by atomic mass is 32.2. The number of hydrogen-bond donors (Lipinski definition) is 2. The fourth-order valence-corrected chi connectivity index (χ4v) is 3.25. The molecule has 0 aromatic heterocycles. The fourth-order valence-electron chi connectivity index (χ4n) is 1.97. The van der Waals surface area contributed by atoms with Crippen LogP contribution in [0.4, 0.5) is 0 Å². The number of hydrogen-bond acceptors (Lipinski definition) is 3. The van der Waals surface area contributed by atoms with Crippen molar-refractivity contribution in [2.24, 2.45) is 5.73 Å². The Kier molecular flexibility index (Phi) is 4.75. The number of amidine groups is 1. The Labute approximate surface area is 90.9 Å². The highest BCUT2D eigenvalue weighted by Crippen LogP contribution is 2.24. The molecule has 0 radical (unpaired) electrons. The average molecular weight is 215 g/mol. The molecule has 0 spiro atoms. The van der Waals surface area contributed by atoms with E-state index in [-0.39, 0.29) is 0 Å². The third kappa shape index (κ3) is 3.17. The molecule has 1 heterocycles. The second kappa shape index (κ2) is 5.61. The van der Waals surface area contributed by atoms with Gasteiger partial charge in [-0.15, -0.1) is 0 Å². The van der Waals surface area contributed by atoms with Crippen LogP contribution in [0.2, 0.25) is 0 Å². The van der Waals surface area contributed by atoms with E-state index in [0.29, 0.717) is 24.3 Å². The number of thioether (sulfide) groups is 1. The summed E-state index contributed by atoms with van der Waals surface area (Å²) < 4.78 is 0. The van der Waals surface area contributed by atoms with E-state index in [9.17, 15) is 0 Å². The number of nitrogens with one attached hydrogen (secondary N) is 1. The van der Waals surface area contributed by atoms with Crippen molar-refractivity contribution in [3.05, 3.63) is 0 Å². The van der Waals surface area contributed by atoms with Gasteiger partial charge < -0.3 is 5.73 Å². The number of rotatable bonds is 5. The van der Waals surface area contributed by atoms with Crippen LogP contribution in [0.25, 0.3) is 0 Å². The summed E-state index contributed by atoms with van der Waals surface area (Å²) in [7, 11) is 2.17. The van der Waals surface area contributed by atoms with E-state index < -0.39 is 0 Å². The Hall–Kier alpha value is -0.220. The van der Waals surface area contributed by atoms with Crippen LogP contribution >= 0.6 is 11.8 Å². The van der Waals surface area contributed by atoms with Gasteiger partial charge in [0.1, 0.15) is 0 Å². The van der Waals surface area contributed by atoms with Crippen molar-refractivity contribution in [2.45, 2.75) is 38.3 Å². The normalized spacial score (nSPS) is 24.1. The molecule has 3 nitrogen and oxygen atoms in total. The Bertz CT molecular complexity index is 190. The van der Waals surface area contributed by atoms with Crippen molar-refractivity contribution in [1.82, 2.24) is 4.90 Å². The molecule has 1 aliphatic heterocycles. The Morgan fingerprint density at radius 3 is 2.86 bits per heavy atom. The maximum Gasteiger partial charge on any atom is 0.0921 e. The molecule has 1 aliphatic rings. The highest BCUT2D eigenvalue weighted by Gasteiger charge is 2.25. The van der Waals surface area contributed by atoms with Crippen molar-refractivity contribution < 1.29 is 0 Å². The largest absolute Gasteiger partial charge is 0.388 e. The van der Waals surface area contributed by atoms with Gasteiger partial charge in [0.05, 0.1) is 5.84 Å². The van der Waals surface area contributed by atoms with Gasteiger partial charge in [-0.25, -0.2) is 0 Å².